The summed E-state index contributed by atoms with van der Waals surface area (Å²) in [5.41, 5.74) is 2.07. The Bertz CT molecular complexity index is 598. The van der Waals surface area contributed by atoms with E-state index in [0.717, 1.165) is 49.2 Å². The van der Waals surface area contributed by atoms with Gasteiger partial charge in [-0.2, -0.15) is 0 Å². The molecule has 0 spiro atoms. The standard InChI is InChI=1S/C16H19FN4/c1-12-11-16(19-13(2)18-12)21-9-7-20(8-10-21)15-5-3-14(17)4-6-15/h3-6,11H,7-10H2,1-2H3. The van der Waals surface area contributed by atoms with E-state index in [2.05, 4.69) is 19.8 Å². The van der Waals surface area contributed by atoms with Crippen molar-refractivity contribution in [2.45, 2.75) is 13.8 Å². The first-order valence-electron chi connectivity index (χ1n) is 7.19. The molecule has 0 aliphatic carbocycles. The van der Waals surface area contributed by atoms with Gasteiger partial charge < -0.3 is 9.80 Å². The number of anilines is 2. The van der Waals surface area contributed by atoms with E-state index in [1.807, 2.05) is 32.0 Å². The molecule has 3 rings (SSSR count). The number of aryl methyl sites for hydroxylation is 2. The Hall–Kier alpha value is -2.17. The predicted octanol–water partition coefficient (Wildman–Crippen LogP) is 2.56. The van der Waals surface area contributed by atoms with Gasteiger partial charge >= 0.3 is 0 Å². The van der Waals surface area contributed by atoms with E-state index in [4.69, 9.17) is 0 Å². The van der Waals surface area contributed by atoms with Crippen LogP contribution in [-0.4, -0.2) is 36.1 Å². The highest BCUT2D eigenvalue weighted by atomic mass is 19.1. The number of piperazine rings is 1. The third-order valence-corrected chi connectivity index (χ3v) is 3.75. The smallest absolute Gasteiger partial charge is 0.132 e. The Morgan fingerprint density at radius 2 is 1.52 bits per heavy atom. The second-order valence-corrected chi connectivity index (χ2v) is 5.37. The lowest BCUT2D eigenvalue weighted by Crippen LogP contribution is -2.46. The van der Waals surface area contributed by atoms with Gasteiger partial charge in [-0.1, -0.05) is 0 Å². The molecule has 0 bridgehead atoms. The molecule has 1 aromatic heterocycles. The molecule has 1 aliphatic rings. The first-order chi connectivity index (χ1) is 10.1. The summed E-state index contributed by atoms with van der Waals surface area (Å²) in [6.45, 7) is 7.56. The predicted molar refractivity (Wildman–Crippen MR) is 82.3 cm³/mol. The second kappa shape index (κ2) is 5.68. The quantitative estimate of drug-likeness (QED) is 0.849. The number of benzene rings is 1. The van der Waals surface area contributed by atoms with Crippen molar-refractivity contribution in [1.82, 2.24) is 9.97 Å². The van der Waals surface area contributed by atoms with Crippen LogP contribution in [0.25, 0.3) is 0 Å². The zero-order valence-corrected chi connectivity index (χ0v) is 12.4. The van der Waals surface area contributed by atoms with Crippen molar-refractivity contribution in [3.05, 3.63) is 47.7 Å². The van der Waals surface area contributed by atoms with Gasteiger partial charge in [-0.05, 0) is 38.1 Å². The van der Waals surface area contributed by atoms with Gasteiger partial charge in [0, 0.05) is 43.6 Å². The van der Waals surface area contributed by atoms with Gasteiger partial charge in [0.1, 0.15) is 17.5 Å². The van der Waals surface area contributed by atoms with Crippen molar-refractivity contribution in [1.29, 1.82) is 0 Å². The normalized spacial score (nSPS) is 15.4. The van der Waals surface area contributed by atoms with E-state index in [0.29, 0.717) is 0 Å². The van der Waals surface area contributed by atoms with Crippen LogP contribution in [0.3, 0.4) is 0 Å². The minimum atomic E-state index is -0.190. The number of rotatable bonds is 2. The Morgan fingerprint density at radius 1 is 0.905 bits per heavy atom. The fourth-order valence-electron chi connectivity index (χ4n) is 2.71. The topological polar surface area (TPSA) is 32.3 Å². The minimum Gasteiger partial charge on any atom is -0.368 e. The zero-order chi connectivity index (χ0) is 14.8. The third-order valence-electron chi connectivity index (χ3n) is 3.75. The second-order valence-electron chi connectivity index (χ2n) is 5.37. The lowest BCUT2D eigenvalue weighted by atomic mass is 10.2. The highest BCUT2D eigenvalue weighted by Crippen LogP contribution is 2.20. The van der Waals surface area contributed by atoms with E-state index >= 15 is 0 Å². The summed E-state index contributed by atoms with van der Waals surface area (Å²) in [6, 6.07) is 8.73. The average Bonchev–Trinajstić information content (AvgIpc) is 2.47. The van der Waals surface area contributed by atoms with Crippen LogP contribution in [-0.2, 0) is 0 Å². The highest BCUT2D eigenvalue weighted by Gasteiger charge is 2.18. The molecule has 1 aliphatic heterocycles. The van der Waals surface area contributed by atoms with Gasteiger partial charge in [0.05, 0.1) is 0 Å². The number of hydrogen-bond acceptors (Lipinski definition) is 4. The number of aromatic nitrogens is 2. The Labute approximate surface area is 124 Å². The van der Waals surface area contributed by atoms with E-state index in [9.17, 15) is 4.39 Å². The van der Waals surface area contributed by atoms with Crippen LogP contribution in [0.5, 0.6) is 0 Å². The SMILES string of the molecule is Cc1cc(N2CCN(c3ccc(F)cc3)CC2)nc(C)n1. The van der Waals surface area contributed by atoms with Crippen molar-refractivity contribution in [3.8, 4) is 0 Å². The largest absolute Gasteiger partial charge is 0.368 e. The van der Waals surface area contributed by atoms with Gasteiger partial charge in [-0.15, -0.1) is 0 Å². The van der Waals surface area contributed by atoms with Crippen LogP contribution in [0.4, 0.5) is 15.9 Å². The van der Waals surface area contributed by atoms with Gasteiger partial charge in [0.25, 0.3) is 0 Å². The highest BCUT2D eigenvalue weighted by molar-refractivity contribution is 5.49. The molecule has 110 valence electrons. The molecule has 1 aromatic carbocycles. The molecule has 0 N–H and O–H groups in total. The molecular formula is C16H19FN4. The fraction of sp³-hybridized carbons (Fsp3) is 0.375. The molecule has 2 aromatic rings. The van der Waals surface area contributed by atoms with Crippen molar-refractivity contribution in [3.63, 3.8) is 0 Å². The Balaban J connectivity index is 1.68. The van der Waals surface area contributed by atoms with Crippen molar-refractivity contribution >= 4 is 11.5 Å². The summed E-state index contributed by atoms with van der Waals surface area (Å²) >= 11 is 0. The van der Waals surface area contributed by atoms with Gasteiger partial charge in [-0.25, -0.2) is 14.4 Å². The molecule has 0 atom stereocenters. The molecule has 2 heterocycles. The Kier molecular flexibility index (Phi) is 3.73. The maximum absolute atomic E-state index is 13.0. The molecule has 0 saturated carbocycles. The summed E-state index contributed by atoms with van der Waals surface area (Å²) in [4.78, 5) is 13.4. The van der Waals surface area contributed by atoms with Crippen molar-refractivity contribution < 1.29 is 4.39 Å². The summed E-state index contributed by atoms with van der Waals surface area (Å²) < 4.78 is 13.0. The number of halogens is 1. The monoisotopic (exact) mass is 286 g/mol. The van der Waals surface area contributed by atoms with Gasteiger partial charge in [0.2, 0.25) is 0 Å². The maximum Gasteiger partial charge on any atom is 0.132 e. The summed E-state index contributed by atoms with van der Waals surface area (Å²) in [6.07, 6.45) is 0. The lowest BCUT2D eigenvalue weighted by molar-refractivity contribution is 0.624. The molecule has 21 heavy (non-hydrogen) atoms. The first kappa shape index (κ1) is 13.8. The molecule has 1 fully saturated rings. The third kappa shape index (κ3) is 3.12. The van der Waals surface area contributed by atoms with E-state index in [1.165, 1.54) is 12.1 Å². The molecule has 5 heteroatoms. The van der Waals surface area contributed by atoms with Crippen LogP contribution in [0.1, 0.15) is 11.5 Å². The van der Waals surface area contributed by atoms with E-state index in [-0.39, 0.29) is 5.82 Å². The average molecular weight is 286 g/mol. The van der Waals surface area contributed by atoms with Crippen LogP contribution in [0.2, 0.25) is 0 Å². The lowest BCUT2D eigenvalue weighted by Gasteiger charge is -2.36. The summed E-state index contributed by atoms with van der Waals surface area (Å²) in [5, 5.41) is 0. The maximum atomic E-state index is 13.0. The zero-order valence-electron chi connectivity index (χ0n) is 12.4. The Morgan fingerprint density at radius 3 is 2.14 bits per heavy atom. The van der Waals surface area contributed by atoms with Crippen LogP contribution >= 0.6 is 0 Å². The van der Waals surface area contributed by atoms with E-state index in [1.54, 1.807) is 0 Å². The fourth-order valence-corrected chi connectivity index (χ4v) is 2.71. The number of nitrogens with zero attached hydrogens (tertiary/aromatic N) is 4. The van der Waals surface area contributed by atoms with Crippen molar-refractivity contribution in [2.24, 2.45) is 0 Å². The van der Waals surface area contributed by atoms with Crippen LogP contribution in [0, 0.1) is 19.7 Å². The summed E-state index contributed by atoms with van der Waals surface area (Å²) in [5.74, 6) is 1.62. The molecule has 0 unspecified atom stereocenters. The van der Waals surface area contributed by atoms with Crippen molar-refractivity contribution in [2.75, 3.05) is 36.0 Å². The molecule has 1 saturated heterocycles. The van der Waals surface area contributed by atoms with Gasteiger partial charge in [-0.3, -0.25) is 0 Å². The summed E-state index contributed by atoms with van der Waals surface area (Å²) in [7, 11) is 0. The molecule has 0 amide bonds. The molecular weight excluding hydrogens is 267 g/mol. The van der Waals surface area contributed by atoms with Gasteiger partial charge in [0.15, 0.2) is 0 Å². The van der Waals surface area contributed by atoms with E-state index < -0.39 is 0 Å². The first-order valence-corrected chi connectivity index (χ1v) is 7.19. The van der Waals surface area contributed by atoms with Crippen LogP contribution in [0.15, 0.2) is 30.3 Å². The number of hydrogen-bond donors (Lipinski definition) is 0. The molecule has 4 nitrogen and oxygen atoms in total. The molecule has 0 radical (unpaired) electrons. The minimum absolute atomic E-state index is 0.190. The van der Waals surface area contributed by atoms with Crippen LogP contribution < -0.4 is 9.80 Å².